The predicted octanol–water partition coefficient (Wildman–Crippen LogP) is 3.71. The van der Waals surface area contributed by atoms with Gasteiger partial charge < -0.3 is 10.2 Å². The Labute approximate surface area is 127 Å². The molecule has 0 aliphatic carbocycles. The number of hydrogen-bond donors (Lipinski definition) is 1. The Balaban J connectivity index is 1.83. The van der Waals surface area contributed by atoms with Crippen LogP contribution in [0, 0.1) is 5.92 Å². The lowest BCUT2D eigenvalue weighted by Crippen LogP contribution is -2.33. The Kier molecular flexibility index (Phi) is 4.09. The van der Waals surface area contributed by atoms with Crippen LogP contribution in [0.15, 0.2) is 42.6 Å². The summed E-state index contributed by atoms with van der Waals surface area (Å²) in [6.07, 6.45) is 3.08. The molecule has 2 aromatic rings. The molecule has 0 saturated heterocycles. The molecule has 1 aliphatic rings. The number of para-hydroxylation sites is 1. The van der Waals surface area contributed by atoms with Gasteiger partial charge >= 0.3 is 0 Å². The van der Waals surface area contributed by atoms with Gasteiger partial charge in [0, 0.05) is 31.5 Å². The van der Waals surface area contributed by atoms with Crippen molar-refractivity contribution in [3.05, 3.63) is 53.7 Å². The molecule has 0 spiro atoms. The van der Waals surface area contributed by atoms with Crippen molar-refractivity contribution in [1.29, 1.82) is 0 Å². The molecule has 0 bridgehead atoms. The number of hydrogen-bond acceptors (Lipinski definition) is 3. The summed E-state index contributed by atoms with van der Waals surface area (Å²) < 4.78 is 0. The summed E-state index contributed by atoms with van der Waals surface area (Å²) >= 11 is 0. The second-order valence-electron chi connectivity index (χ2n) is 5.90. The Hall–Kier alpha value is -2.03. The molecular weight excluding hydrogens is 258 g/mol. The zero-order valence-corrected chi connectivity index (χ0v) is 12.8. The average molecular weight is 281 g/mol. The van der Waals surface area contributed by atoms with Crippen LogP contribution in [0.3, 0.4) is 0 Å². The van der Waals surface area contributed by atoms with E-state index in [1.807, 2.05) is 6.20 Å². The summed E-state index contributed by atoms with van der Waals surface area (Å²) in [6.45, 7) is 7.40. The van der Waals surface area contributed by atoms with E-state index in [0.717, 1.165) is 25.5 Å². The molecule has 3 rings (SSSR count). The van der Waals surface area contributed by atoms with E-state index in [1.165, 1.54) is 23.2 Å². The highest BCUT2D eigenvalue weighted by molar-refractivity contribution is 5.56. The van der Waals surface area contributed by atoms with Gasteiger partial charge in [-0.1, -0.05) is 25.1 Å². The quantitative estimate of drug-likeness (QED) is 0.926. The molecule has 0 amide bonds. The highest BCUT2D eigenvalue weighted by atomic mass is 15.1. The fraction of sp³-hybridized carbons (Fsp3) is 0.389. The highest BCUT2D eigenvalue weighted by Gasteiger charge is 2.21. The lowest BCUT2D eigenvalue weighted by Gasteiger charge is -2.35. The first kappa shape index (κ1) is 13.9. The molecule has 3 nitrogen and oxygen atoms in total. The first-order valence-electron chi connectivity index (χ1n) is 7.78. The van der Waals surface area contributed by atoms with Crippen molar-refractivity contribution in [3.8, 4) is 0 Å². The van der Waals surface area contributed by atoms with Crippen molar-refractivity contribution in [2.24, 2.45) is 5.92 Å². The summed E-state index contributed by atoms with van der Waals surface area (Å²) in [5.41, 5.74) is 4.17. The van der Waals surface area contributed by atoms with Gasteiger partial charge in [0.2, 0.25) is 0 Å². The molecule has 1 unspecified atom stereocenters. The molecule has 0 fully saturated rings. The summed E-state index contributed by atoms with van der Waals surface area (Å²) in [5.74, 6) is 1.67. The lowest BCUT2D eigenvalue weighted by atomic mass is 9.93. The Morgan fingerprint density at radius 3 is 3.00 bits per heavy atom. The maximum absolute atomic E-state index is 4.35. The van der Waals surface area contributed by atoms with Gasteiger partial charge in [-0.25, -0.2) is 4.98 Å². The van der Waals surface area contributed by atoms with Crippen LogP contribution in [0.25, 0.3) is 0 Å². The van der Waals surface area contributed by atoms with E-state index < -0.39 is 0 Å². The minimum Gasteiger partial charge on any atom is -0.370 e. The molecule has 1 aromatic carbocycles. The van der Waals surface area contributed by atoms with Crippen molar-refractivity contribution >= 4 is 11.5 Å². The molecule has 110 valence electrons. The average Bonchev–Trinajstić information content (AvgIpc) is 2.48. The Morgan fingerprint density at radius 2 is 2.14 bits per heavy atom. The van der Waals surface area contributed by atoms with Crippen LogP contribution in [0.1, 0.15) is 25.0 Å². The van der Waals surface area contributed by atoms with Gasteiger partial charge in [0.25, 0.3) is 0 Å². The minimum absolute atomic E-state index is 0.704. The molecule has 1 aromatic heterocycles. The molecule has 1 aliphatic heterocycles. The summed E-state index contributed by atoms with van der Waals surface area (Å²) in [4.78, 5) is 6.85. The van der Waals surface area contributed by atoms with E-state index in [0.29, 0.717) is 5.92 Å². The third-order valence-electron chi connectivity index (χ3n) is 3.99. The van der Waals surface area contributed by atoms with Crippen LogP contribution in [0.5, 0.6) is 0 Å². The van der Waals surface area contributed by atoms with E-state index >= 15 is 0 Å². The molecule has 0 radical (unpaired) electrons. The van der Waals surface area contributed by atoms with E-state index in [1.54, 1.807) is 0 Å². The Bertz CT molecular complexity index is 609. The van der Waals surface area contributed by atoms with Gasteiger partial charge in [-0.2, -0.15) is 0 Å². The smallest absolute Gasteiger partial charge is 0.126 e. The molecular formula is C18H23N3. The van der Waals surface area contributed by atoms with E-state index in [-0.39, 0.29) is 0 Å². The number of aromatic nitrogens is 1. The molecule has 21 heavy (non-hydrogen) atoms. The number of nitrogens with zero attached hydrogens (tertiary/aromatic N) is 2. The van der Waals surface area contributed by atoms with E-state index in [4.69, 9.17) is 0 Å². The van der Waals surface area contributed by atoms with Crippen molar-refractivity contribution < 1.29 is 0 Å². The topological polar surface area (TPSA) is 28.2 Å². The van der Waals surface area contributed by atoms with Crippen LogP contribution in [-0.4, -0.2) is 18.1 Å². The summed E-state index contributed by atoms with van der Waals surface area (Å²) in [6, 6.07) is 13.1. The minimum atomic E-state index is 0.704. The third-order valence-corrected chi connectivity index (χ3v) is 3.99. The number of pyridine rings is 1. The Morgan fingerprint density at radius 1 is 1.29 bits per heavy atom. The van der Waals surface area contributed by atoms with Crippen LogP contribution in [0.2, 0.25) is 0 Å². The first-order chi connectivity index (χ1) is 10.3. The van der Waals surface area contributed by atoms with Crippen molar-refractivity contribution in [1.82, 2.24) is 4.98 Å². The van der Waals surface area contributed by atoms with E-state index in [2.05, 4.69) is 65.4 Å². The van der Waals surface area contributed by atoms with Gasteiger partial charge in [0.15, 0.2) is 0 Å². The fourth-order valence-electron chi connectivity index (χ4n) is 3.13. The number of benzene rings is 1. The van der Waals surface area contributed by atoms with Crippen LogP contribution in [-0.2, 0) is 13.0 Å². The first-order valence-corrected chi connectivity index (χ1v) is 7.78. The SMILES string of the molecule is CCNc1cc(CN2CC(C)Cc3ccccc32)ccn1. The van der Waals surface area contributed by atoms with Crippen molar-refractivity contribution in [2.75, 3.05) is 23.3 Å². The fourth-order valence-corrected chi connectivity index (χ4v) is 3.13. The van der Waals surface area contributed by atoms with Gasteiger partial charge in [-0.05, 0) is 48.6 Å². The van der Waals surface area contributed by atoms with Crippen molar-refractivity contribution in [2.45, 2.75) is 26.8 Å². The molecule has 0 saturated carbocycles. The molecule has 2 heterocycles. The van der Waals surface area contributed by atoms with Crippen LogP contribution in [0.4, 0.5) is 11.5 Å². The van der Waals surface area contributed by atoms with E-state index in [9.17, 15) is 0 Å². The van der Waals surface area contributed by atoms with Crippen LogP contribution >= 0.6 is 0 Å². The standard InChI is InChI=1S/C18H23N3/c1-3-19-18-11-15(8-9-20-18)13-21-12-14(2)10-16-6-4-5-7-17(16)21/h4-9,11,14H,3,10,12-13H2,1-2H3,(H,19,20). The van der Waals surface area contributed by atoms with Crippen LogP contribution < -0.4 is 10.2 Å². The molecule has 3 heteroatoms. The van der Waals surface area contributed by atoms with Gasteiger partial charge in [-0.15, -0.1) is 0 Å². The second kappa shape index (κ2) is 6.17. The van der Waals surface area contributed by atoms with Crippen molar-refractivity contribution in [3.63, 3.8) is 0 Å². The van der Waals surface area contributed by atoms with Gasteiger partial charge in [0.1, 0.15) is 5.82 Å². The number of fused-ring (bicyclic) bond motifs is 1. The monoisotopic (exact) mass is 281 g/mol. The zero-order chi connectivity index (χ0) is 14.7. The molecule has 1 atom stereocenters. The maximum atomic E-state index is 4.35. The third kappa shape index (κ3) is 3.18. The largest absolute Gasteiger partial charge is 0.370 e. The number of nitrogens with one attached hydrogen (secondary N) is 1. The zero-order valence-electron chi connectivity index (χ0n) is 12.8. The highest BCUT2D eigenvalue weighted by Crippen LogP contribution is 2.30. The number of anilines is 2. The summed E-state index contributed by atoms with van der Waals surface area (Å²) in [7, 11) is 0. The van der Waals surface area contributed by atoms with Gasteiger partial charge in [-0.3, -0.25) is 0 Å². The predicted molar refractivity (Wildman–Crippen MR) is 88.8 cm³/mol. The maximum Gasteiger partial charge on any atom is 0.126 e. The number of rotatable bonds is 4. The summed E-state index contributed by atoms with van der Waals surface area (Å²) in [5, 5.41) is 3.28. The second-order valence-corrected chi connectivity index (χ2v) is 5.90. The molecule has 1 N–H and O–H groups in total. The van der Waals surface area contributed by atoms with Gasteiger partial charge in [0.05, 0.1) is 0 Å². The normalized spacial score (nSPS) is 17.4. The lowest BCUT2D eigenvalue weighted by molar-refractivity contribution is 0.530.